The van der Waals surface area contributed by atoms with Gasteiger partial charge >= 0.3 is 5.97 Å². The zero-order valence-corrected chi connectivity index (χ0v) is 10.5. The number of amides is 1. The molecule has 0 bridgehead atoms. The zero-order valence-electron chi connectivity index (χ0n) is 10.5. The number of carbonyl (C=O) groups excluding carboxylic acids is 1. The topological polar surface area (TPSA) is 62.5 Å². The first kappa shape index (κ1) is 12.7. The molecular formula is C13H18N2O3. The van der Waals surface area contributed by atoms with Gasteiger partial charge in [-0.25, -0.2) is 0 Å². The second kappa shape index (κ2) is 5.25. The van der Waals surface area contributed by atoms with Crippen LogP contribution < -0.4 is 0 Å². The third-order valence-electron chi connectivity index (χ3n) is 3.20. The standard InChI is InChI=1S/C13H18N2O3/c1-2-14(9-7-12(16)17)13(18)11-4-3-8-15(11)10-5-6-10/h3-4,8,10H,2,5-7,9H2,1H3,(H,16,17). The minimum atomic E-state index is -0.876. The maximum atomic E-state index is 12.3. The lowest BCUT2D eigenvalue weighted by molar-refractivity contribution is -0.137. The van der Waals surface area contributed by atoms with Crippen LogP contribution in [0.5, 0.6) is 0 Å². The van der Waals surface area contributed by atoms with E-state index in [0.717, 1.165) is 12.8 Å². The van der Waals surface area contributed by atoms with Crippen molar-refractivity contribution in [3.05, 3.63) is 24.0 Å². The molecule has 1 amide bonds. The Balaban J connectivity index is 2.07. The number of aromatic nitrogens is 1. The van der Waals surface area contributed by atoms with Crippen LogP contribution in [0.1, 0.15) is 42.7 Å². The van der Waals surface area contributed by atoms with Gasteiger partial charge in [0, 0.05) is 25.3 Å². The summed E-state index contributed by atoms with van der Waals surface area (Å²) in [5.41, 5.74) is 0.671. The summed E-state index contributed by atoms with van der Waals surface area (Å²) in [6.07, 6.45) is 4.16. The van der Waals surface area contributed by atoms with Gasteiger partial charge in [0.05, 0.1) is 6.42 Å². The van der Waals surface area contributed by atoms with Gasteiger partial charge in [0.2, 0.25) is 0 Å². The number of aliphatic carboxylic acids is 1. The zero-order chi connectivity index (χ0) is 13.1. The molecule has 0 atom stereocenters. The van der Waals surface area contributed by atoms with Crippen LogP contribution in [0.2, 0.25) is 0 Å². The van der Waals surface area contributed by atoms with Crippen molar-refractivity contribution in [3.63, 3.8) is 0 Å². The molecule has 1 aromatic heterocycles. The van der Waals surface area contributed by atoms with E-state index in [1.165, 1.54) is 0 Å². The number of hydrogen-bond acceptors (Lipinski definition) is 2. The van der Waals surface area contributed by atoms with E-state index >= 15 is 0 Å². The van der Waals surface area contributed by atoms with E-state index in [1.54, 1.807) is 4.90 Å². The third-order valence-corrected chi connectivity index (χ3v) is 3.20. The summed E-state index contributed by atoms with van der Waals surface area (Å²) in [6, 6.07) is 4.14. The number of carboxylic acid groups (broad SMARTS) is 1. The van der Waals surface area contributed by atoms with Crippen LogP contribution in [0.15, 0.2) is 18.3 Å². The van der Waals surface area contributed by atoms with E-state index in [0.29, 0.717) is 18.3 Å². The lowest BCUT2D eigenvalue weighted by Gasteiger charge is -2.20. The summed E-state index contributed by atoms with van der Waals surface area (Å²) in [5.74, 6) is -0.950. The summed E-state index contributed by atoms with van der Waals surface area (Å²) in [4.78, 5) is 24.5. The van der Waals surface area contributed by atoms with Gasteiger partial charge in [0.25, 0.3) is 5.91 Å². The van der Waals surface area contributed by atoms with Gasteiger partial charge in [-0.15, -0.1) is 0 Å². The first-order chi connectivity index (χ1) is 8.63. The Morgan fingerprint density at radius 2 is 2.22 bits per heavy atom. The molecule has 0 saturated heterocycles. The Bertz CT molecular complexity index is 449. The maximum absolute atomic E-state index is 12.3. The summed E-state index contributed by atoms with van der Waals surface area (Å²) < 4.78 is 2.01. The third kappa shape index (κ3) is 2.72. The van der Waals surface area contributed by atoms with Gasteiger partial charge in [-0.05, 0) is 31.9 Å². The Morgan fingerprint density at radius 1 is 1.50 bits per heavy atom. The first-order valence-corrected chi connectivity index (χ1v) is 6.31. The lowest BCUT2D eigenvalue weighted by Crippen LogP contribution is -2.34. The first-order valence-electron chi connectivity index (χ1n) is 6.31. The Kier molecular flexibility index (Phi) is 3.69. The van der Waals surface area contributed by atoms with Crippen molar-refractivity contribution in [3.8, 4) is 0 Å². The second-order valence-electron chi connectivity index (χ2n) is 4.56. The number of rotatable bonds is 6. The van der Waals surface area contributed by atoms with Crippen molar-refractivity contribution in [2.45, 2.75) is 32.2 Å². The summed E-state index contributed by atoms with van der Waals surface area (Å²) in [6.45, 7) is 2.66. The molecule has 1 fully saturated rings. The maximum Gasteiger partial charge on any atom is 0.305 e. The van der Waals surface area contributed by atoms with E-state index in [4.69, 9.17) is 5.11 Å². The molecule has 0 spiro atoms. The Hall–Kier alpha value is -1.78. The fourth-order valence-corrected chi connectivity index (χ4v) is 2.04. The molecule has 1 aliphatic carbocycles. The summed E-state index contributed by atoms with van der Waals surface area (Å²) >= 11 is 0. The second-order valence-corrected chi connectivity index (χ2v) is 4.56. The smallest absolute Gasteiger partial charge is 0.305 e. The molecular weight excluding hydrogens is 232 g/mol. The average molecular weight is 250 g/mol. The van der Waals surface area contributed by atoms with Crippen molar-refractivity contribution in [1.29, 1.82) is 0 Å². The van der Waals surface area contributed by atoms with Gasteiger partial charge in [-0.2, -0.15) is 0 Å². The largest absolute Gasteiger partial charge is 0.481 e. The van der Waals surface area contributed by atoms with Crippen LogP contribution in [0.4, 0.5) is 0 Å². The van der Waals surface area contributed by atoms with Crippen LogP contribution >= 0.6 is 0 Å². The SMILES string of the molecule is CCN(CCC(=O)O)C(=O)c1cccn1C1CC1. The predicted molar refractivity (Wildman–Crippen MR) is 66.5 cm³/mol. The van der Waals surface area contributed by atoms with Crippen molar-refractivity contribution >= 4 is 11.9 Å². The Morgan fingerprint density at radius 3 is 2.78 bits per heavy atom. The van der Waals surface area contributed by atoms with E-state index in [1.807, 2.05) is 29.8 Å². The highest BCUT2D eigenvalue weighted by Gasteiger charge is 2.28. The van der Waals surface area contributed by atoms with E-state index in [-0.39, 0.29) is 18.9 Å². The highest BCUT2D eigenvalue weighted by molar-refractivity contribution is 5.93. The number of carbonyl (C=O) groups is 2. The van der Waals surface area contributed by atoms with Gasteiger partial charge in [-0.3, -0.25) is 9.59 Å². The molecule has 0 aliphatic heterocycles. The van der Waals surface area contributed by atoms with Crippen molar-refractivity contribution in [1.82, 2.24) is 9.47 Å². The Labute approximate surface area is 106 Å². The van der Waals surface area contributed by atoms with E-state index in [9.17, 15) is 9.59 Å². The molecule has 0 unspecified atom stereocenters. The van der Waals surface area contributed by atoms with Gasteiger partial charge in [0.1, 0.15) is 5.69 Å². The molecule has 5 heteroatoms. The fourth-order valence-electron chi connectivity index (χ4n) is 2.04. The van der Waals surface area contributed by atoms with Gasteiger partial charge < -0.3 is 14.6 Å². The van der Waals surface area contributed by atoms with Crippen molar-refractivity contribution in [2.75, 3.05) is 13.1 Å². The number of hydrogen-bond donors (Lipinski definition) is 1. The van der Waals surface area contributed by atoms with Crippen LogP contribution in [0.3, 0.4) is 0 Å². The molecule has 0 aromatic carbocycles. The molecule has 0 radical (unpaired) electrons. The number of nitrogens with zero attached hydrogens (tertiary/aromatic N) is 2. The van der Waals surface area contributed by atoms with Crippen molar-refractivity contribution in [2.24, 2.45) is 0 Å². The molecule has 1 heterocycles. The van der Waals surface area contributed by atoms with Crippen LogP contribution in [0.25, 0.3) is 0 Å². The molecule has 1 N–H and O–H groups in total. The van der Waals surface area contributed by atoms with Crippen LogP contribution in [-0.4, -0.2) is 39.5 Å². The number of carboxylic acids is 1. The fraction of sp³-hybridized carbons (Fsp3) is 0.538. The average Bonchev–Trinajstić information content (AvgIpc) is 3.07. The molecule has 1 saturated carbocycles. The van der Waals surface area contributed by atoms with Crippen LogP contribution in [0, 0.1) is 0 Å². The van der Waals surface area contributed by atoms with E-state index < -0.39 is 5.97 Å². The summed E-state index contributed by atoms with van der Waals surface area (Å²) in [5, 5.41) is 8.68. The van der Waals surface area contributed by atoms with Gasteiger partial charge in [-0.1, -0.05) is 0 Å². The lowest BCUT2D eigenvalue weighted by atomic mass is 10.3. The molecule has 98 valence electrons. The highest BCUT2D eigenvalue weighted by Crippen LogP contribution is 2.36. The van der Waals surface area contributed by atoms with Crippen LogP contribution in [-0.2, 0) is 4.79 Å². The normalized spacial score (nSPS) is 14.5. The predicted octanol–water partition coefficient (Wildman–Crippen LogP) is 1.76. The summed E-state index contributed by atoms with van der Waals surface area (Å²) in [7, 11) is 0. The van der Waals surface area contributed by atoms with Gasteiger partial charge in [0.15, 0.2) is 0 Å². The molecule has 18 heavy (non-hydrogen) atoms. The quantitative estimate of drug-likeness (QED) is 0.836. The minimum absolute atomic E-state index is 0.0102. The highest BCUT2D eigenvalue weighted by atomic mass is 16.4. The van der Waals surface area contributed by atoms with Crippen molar-refractivity contribution < 1.29 is 14.7 Å². The molecule has 1 aromatic rings. The molecule has 5 nitrogen and oxygen atoms in total. The monoisotopic (exact) mass is 250 g/mol. The molecule has 1 aliphatic rings. The molecule has 2 rings (SSSR count). The van der Waals surface area contributed by atoms with E-state index in [2.05, 4.69) is 0 Å². The minimum Gasteiger partial charge on any atom is -0.481 e.